The second-order valence-electron chi connectivity index (χ2n) is 7.04. The second-order valence-corrected chi connectivity index (χ2v) is 7.44. The summed E-state index contributed by atoms with van der Waals surface area (Å²) in [6, 6.07) is 21.6. The number of anilines is 2. The van der Waals surface area contributed by atoms with Crippen LogP contribution in [0.4, 0.5) is 11.4 Å². The molecule has 6 nitrogen and oxygen atoms in total. The largest absolute Gasteiger partial charge is 0.484 e. The Kier molecular flexibility index (Phi) is 6.38. The predicted molar refractivity (Wildman–Crippen MR) is 120 cm³/mol. The number of halogens is 1. The number of para-hydroxylation sites is 1. The normalized spacial score (nSPS) is 13.2. The van der Waals surface area contributed by atoms with Crippen molar-refractivity contribution in [3.63, 3.8) is 0 Å². The van der Waals surface area contributed by atoms with Crippen molar-refractivity contribution in [2.45, 2.75) is 12.8 Å². The van der Waals surface area contributed by atoms with Crippen molar-refractivity contribution in [2.24, 2.45) is 0 Å². The number of carbonyl (C=O) groups excluding carboxylic acids is 2. The molecule has 0 aromatic heterocycles. The topological polar surface area (TPSA) is 67.9 Å². The standard InChI is InChI=1S/C24H21ClN2O4/c25-21-13-8-17(27-14-4-7-24(27)29)15-22(21)26-23(28)16-30-18-9-11-20(12-10-18)31-19-5-2-1-3-6-19/h1-3,5-6,8-13,15H,4,7,14,16H2,(H,26,28). The Balaban J connectivity index is 1.32. The van der Waals surface area contributed by atoms with Gasteiger partial charge < -0.3 is 19.7 Å². The molecule has 1 aliphatic heterocycles. The number of benzene rings is 3. The number of carbonyl (C=O) groups is 2. The zero-order valence-corrected chi connectivity index (χ0v) is 17.5. The summed E-state index contributed by atoms with van der Waals surface area (Å²) in [4.78, 5) is 26.0. The quantitative estimate of drug-likeness (QED) is 0.547. The van der Waals surface area contributed by atoms with Gasteiger partial charge in [-0.3, -0.25) is 9.59 Å². The Morgan fingerprint density at radius 3 is 2.39 bits per heavy atom. The van der Waals surface area contributed by atoms with E-state index < -0.39 is 0 Å². The van der Waals surface area contributed by atoms with Gasteiger partial charge in [-0.2, -0.15) is 0 Å². The average molecular weight is 437 g/mol. The molecule has 0 saturated carbocycles. The lowest BCUT2D eigenvalue weighted by Gasteiger charge is -2.17. The van der Waals surface area contributed by atoms with E-state index in [0.717, 1.165) is 17.9 Å². The molecule has 1 saturated heterocycles. The molecule has 2 amide bonds. The van der Waals surface area contributed by atoms with Crippen LogP contribution in [0.3, 0.4) is 0 Å². The molecule has 0 bridgehead atoms. The Hall–Kier alpha value is -3.51. The molecule has 7 heteroatoms. The predicted octanol–water partition coefficient (Wildman–Crippen LogP) is 5.28. The van der Waals surface area contributed by atoms with Crippen LogP contribution in [0.25, 0.3) is 0 Å². The molecule has 1 N–H and O–H groups in total. The van der Waals surface area contributed by atoms with Gasteiger partial charge in [-0.1, -0.05) is 29.8 Å². The maximum atomic E-state index is 12.3. The lowest BCUT2D eigenvalue weighted by molar-refractivity contribution is -0.118. The van der Waals surface area contributed by atoms with Gasteiger partial charge in [0.1, 0.15) is 17.2 Å². The highest BCUT2D eigenvalue weighted by Gasteiger charge is 2.22. The van der Waals surface area contributed by atoms with Crippen LogP contribution >= 0.6 is 11.6 Å². The van der Waals surface area contributed by atoms with E-state index in [9.17, 15) is 9.59 Å². The fourth-order valence-corrected chi connectivity index (χ4v) is 3.43. The van der Waals surface area contributed by atoms with Crippen molar-refractivity contribution in [2.75, 3.05) is 23.4 Å². The van der Waals surface area contributed by atoms with E-state index in [4.69, 9.17) is 21.1 Å². The minimum atomic E-state index is -0.351. The summed E-state index contributed by atoms with van der Waals surface area (Å²) in [6.07, 6.45) is 1.36. The number of rotatable bonds is 7. The van der Waals surface area contributed by atoms with E-state index in [2.05, 4.69) is 5.32 Å². The first-order chi connectivity index (χ1) is 15.1. The first-order valence-corrected chi connectivity index (χ1v) is 10.3. The molecule has 0 atom stereocenters. The lowest BCUT2D eigenvalue weighted by Crippen LogP contribution is -2.24. The van der Waals surface area contributed by atoms with Crippen molar-refractivity contribution < 1.29 is 19.1 Å². The minimum Gasteiger partial charge on any atom is -0.484 e. The smallest absolute Gasteiger partial charge is 0.262 e. The van der Waals surface area contributed by atoms with Crippen LogP contribution in [-0.4, -0.2) is 25.0 Å². The SMILES string of the molecule is O=C(COc1ccc(Oc2ccccc2)cc1)Nc1cc(N2CCCC2=O)ccc1Cl. The molecule has 0 radical (unpaired) electrons. The van der Waals surface area contributed by atoms with E-state index in [1.807, 2.05) is 30.3 Å². The summed E-state index contributed by atoms with van der Waals surface area (Å²) < 4.78 is 11.3. The van der Waals surface area contributed by atoms with Crippen LogP contribution in [0.2, 0.25) is 5.02 Å². The van der Waals surface area contributed by atoms with Crippen LogP contribution < -0.4 is 19.7 Å². The summed E-state index contributed by atoms with van der Waals surface area (Å²) >= 11 is 6.21. The molecule has 0 spiro atoms. The van der Waals surface area contributed by atoms with Gasteiger partial charge in [-0.25, -0.2) is 0 Å². The fraction of sp³-hybridized carbons (Fsp3) is 0.167. The Morgan fingerprint density at radius 2 is 1.68 bits per heavy atom. The summed E-state index contributed by atoms with van der Waals surface area (Å²) in [6.45, 7) is 0.489. The van der Waals surface area contributed by atoms with E-state index in [1.165, 1.54) is 0 Å². The average Bonchev–Trinajstić information content (AvgIpc) is 3.21. The van der Waals surface area contributed by atoms with Gasteiger partial charge in [0.15, 0.2) is 6.61 Å². The van der Waals surface area contributed by atoms with E-state index in [0.29, 0.717) is 35.2 Å². The molecule has 0 aliphatic carbocycles. The Labute approximate surface area is 185 Å². The maximum Gasteiger partial charge on any atom is 0.262 e. The van der Waals surface area contributed by atoms with Crippen molar-refractivity contribution in [3.8, 4) is 17.2 Å². The molecular weight excluding hydrogens is 416 g/mol. The van der Waals surface area contributed by atoms with E-state index in [1.54, 1.807) is 47.4 Å². The third kappa shape index (κ3) is 5.35. The summed E-state index contributed by atoms with van der Waals surface area (Å²) in [5.41, 5.74) is 1.16. The van der Waals surface area contributed by atoms with Crippen molar-refractivity contribution in [1.29, 1.82) is 0 Å². The zero-order chi connectivity index (χ0) is 21.6. The molecule has 1 heterocycles. The van der Waals surface area contributed by atoms with Crippen LogP contribution in [0.1, 0.15) is 12.8 Å². The molecule has 158 valence electrons. The third-order valence-corrected chi connectivity index (χ3v) is 5.11. The first kappa shape index (κ1) is 20.8. The van der Waals surface area contributed by atoms with Crippen LogP contribution in [0, 0.1) is 0 Å². The second kappa shape index (κ2) is 9.53. The molecule has 3 aromatic rings. The third-order valence-electron chi connectivity index (χ3n) is 4.78. The van der Waals surface area contributed by atoms with Gasteiger partial charge in [0, 0.05) is 18.7 Å². The highest BCUT2D eigenvalue weighted by molar-refractivity contribution is 6.33. The summed E-state index contributed by atoms with van der Waals surface area (Å²) in [5.74, 6) is 1.67. The highest BCUT2D eigenvalue weighted by atomic mass is 35.5. The molecule has 0 unspecified atom stereocenters. The molecule has 1 aliphatic rings. The van der Waals surface area contributed by atoms with Gasteiger partial charge in [-0.15, -0.1) is 0 Å². The van der Waals surface area contributed by atoms with Gasteiger partial charge in [-0.05, 0) is 61.0 Å². The number of amides is 2. The van der Waals surface area contributed by atoms with Gasteiger partial charge in [0.05, 0.1) is 10.7 Å². The molecule has 4 rings (SSSR count). The zero-order valence-electron chi connectivity index (χ0n) is 16.7. The summed E-state index contributed by atoms with van der Waals surface area (Å²) in [7, 11) is 0. The van der Waals surface area contributed by atoms with Crippen LogP contribution in [0.5, 0.6) is 17.2 Å². The van der Waals surface area contributed by atoms with E-state index >= 15 is 0 Å². The van der Waals surface area contributed by atoms with Crippen LogP contribution in [-0.2, 0) is 9.59 Å². The molecule has 31 heavy (non-hydrogen) atoms. The Bertz CT molecular complexity index is 1070. The lowest BCUT2D eigenvalue weighted by atomic mass is 10.2. The molecule has 3 aromatic carbocycles. The number of nitrogens with one attached hydrogen (secondary N) is 1. The molecule has 1 fully saturated rings. The first-order valence-electron chi connectivity index (χ1n) is 9.94. The van der Waals surface area contributed by atoms with Crippen LogP contribution in [0.15, 0.2) is 72.8 Å². The van der Waals surface area contributed by atoms with Gasteiger partial charge in [0.25, 0.3) is 5.91 Å². The van der Waals surface area contributed by atoms with Crippen molar-refractivity contribution in [3.05, 3.63) is 77.8 Å². The van der Waals surface area contributed by atoms with Crippen molar-refractivity contribution >= 4 is 34.8 Å². The molecular formula is C24H21ClN2O4. The minimum absolute atomic E-state index is 0.0719. The highest BCUT2D eigenvalue weighted by Crippen LogP contribution is 2.30. The van der Waals surface area contributed by atoms with Gasteiger partial charge >= 0.3 is 0 Å². The van der Waals surface area contributed by atoms with Crippen molar-refractivity contribution in [1.82, 2.24) is 0 Å². The number of hydrogen-bond acceptors (Lipinski definition) is 4. The van der Waals surface area contributed by atoms with E-state index in [-0.39, 0.29) is 18.4 Å². The number of ether oxygens (including phenoxy) is 2. The maximum absolute atomic E-state index is 12.3. The fourth-order valence-electron chi connectivity index (χ4n) is 3.26. The summed E-state index contributed by atoms with van der Waals surface area (Å²) in [5, 5.41) is 3.14. The number of nitrogens with zero attached hydrogens (tertiary/aromatic N) is 1. The Morgan fingerprint density at radius 1 is 0.968 bits per heavy atom. The van der Waals surface area contributed by atoms with Gasteiger partial charge in [0.2, 0.25) is 5.91 Å². The monoisotopic (exact) mass is 436 g/mol. The number of hydrogen-bond donors (Lipinski definition) is 1.